The van der Waals surface area contributed by atoms with Crippen molar-refractivity contribution in [3.05, 3.63) is 0 Å². The smallest absolute Gasteiger partial charge is 0.207 e. The summed E-state index contributed by atoms with van der Waals surface area (Å²) in [6, 6.07) is 0. The molecule has 1 aliphatic rings. The Kier molecular flexibility index (Phi) is 2.50. The van der Waals surface area contributed by atoms with Crippen LogP contribution in [-0.4, -0.2) is 5.92 Å². The molecule has 0 nitrogen and oxygen atoms in total. The van der Waals surface area contributed by atoms with Crippen LogP contribution in [0.2, 0.25) is 0 Å². The van der Waals surface area contributed by atoms with Crippen molar-refractivity contribution in [2.24, 2.45) is 11.8 Å². The summed E-state index contributed by atoms with van der Waals surface area (Å²) in [5, 5.41) is 0. The fraction of sp³-hybridized carbons (Fsp3) is 1.00. The third kappa shape index (κ3) is 2.14. The molecule has 0 amide bonds. The Labute approximate surface area is 67.0 Å². The predicted molar refractivity (Wildman–Crippen MR) is 41.7 cm³/mol. The van der Waals surface area contributed by atoms with Gasteiger partial charge in [-0.1, -0.05) is 20.3 Å². The van der Waals surface area contributed by atoms with E-state index in [0.717, 1.165) is 12.8 Å². The normalized spacial score (nSPS) is 32.2. The van der Waals surface area contributed by atoms with Crippen LogP contribution in [0.3, 0.4) is 0 Å². The van der Waals surface area contributed by atoms with Crippen LogP contribution in [-0.2, 0) is 0 Å². The van der Waals surface area contributed by atoms with Gasteiger partial charge >= 0.3 is 0 Å². The highest BCUT2D eigenvalue weighted by Gasteiger charge is 2.40. The molecular weight excluding hydrogens is 146 g/mol. The van der Waals surface area contributed by atoms with Gasteiger partial charge in [0.2, 0.25) is 5.92 Å². The van der Waals surface area contributed by atoms with Crippen molar-refractivity contribution >= 4 is 0 Å². The SMILES string of the molecule is CCC(C)C1CCC(F)(F)C1. The molecule has 0 spiro atoms. The van der Waals surface area contributed by atoms with E-state index in [1.165, 1.54) is 0 Å². The maximum atomic E-state index is 12.7. The zero-order chi connectivity index (χ0) is 8.48. The number of hydrogen-bond acceptors (Lipinski definition) is 0. The number of halogens is 2. The quantitative estimate of drug-likeness (QED) is 0.583. The third-order valence-electron chi connectivity index (χ3n) is 2.89. The summed E-state index contributed by atoms with van der Waals surface area (Å²) < 4.78 is 25.4. The van der Waals surface area contributed by atoms with Crippen LogP contribution < -0.4 is 0 Å². The molecule has 0 aromatic carbocycles. The lowest BCUT2D eigenvalue weighted by atomic mass is 9.90. The first-order chi connectivity index (χ1) is 5.05. The summed E-state index contributed by atoms with van der Waals surface area (Å²) in [4.78, 5) is 0. The van der Waals surface area contributed by atoms with Gasteiger partial charge in [-0.25, -0.2) is 8.78 Å². The molecule has 0 aromatic heterocycles. The van der Waals surface area contributed by atoms with Crippen LogP contribution in [0.5, 0.6) is 0 Å². The first-order valence-electron chi connectivity index (χ1n) is 4.43. The molecule has 0 N–H and O–H groups in total. The van der Waals surface area contributed by atoms with Gasteiger partial charge in [-0.3, -0.25) is 0 Å². The Morgan fingerprint density at radius 1 is 1.55 bits per heavy atom. The van der Waals surface area contributed by atoms with E-state index in [2.05, 4.69) is 13.8 Å². The zero-order valence-corrected chi connectivity index (χ0v) is 7.24. The van der Waals surface area contributed by atoms with Crippen LogP contribution >= 0.6 is 0 Å². The molecule has 2 unspecified atom stereocenters. The number of rotatable bonds is 2. The minimum Gasteiger partial charge on any atom is -0.207 e. The van der Waals surface area contributed by atoms with Crippen molar-refractivity contribution in [3.8, 4) is 0 Å². The van der Waals surface area contributed by atoms with Gasteiger partial charge in [0.05, 0.1) is 0 Å². The Morgan fingerprint density at radius 2 is 2.18 bits per heavy atom. The minimum atomic E-state index is -2.35. The fourth-order valence-electron chi connectivity index (χ4n) is 1.80. The molecule has 1 fully saturated rings. The van der Waals surface area contributed by atoms with Crippen LogP contribution in [0.15, 0.2) is 0 Å². The first-order valence-corrected chi connectivity index (χ1v) is 4.43. The second-order valence-corrected chi connectivity index (χ2v) is 3.74. The van der Waals surface area contributed by atoms with E-state index < -0.39 is 5.92 Å². The van der Waals surface area contributed by atoms with E-state index in [9.17, 15) is 8.78 Å². The molecule has 2 atom stereocenters. The second kappa shape index (κ2) is 3.08. The lowest BCUT2D eigenvalue weighted by Gasteiger charge is -2.16. The summed E-state index contributed by atoms with van der Waals surface area (Å²) >= 11 is 0. The van der Waals surface area contributed by atoms with Crippen LogP contribution in [0.4, 0.5) is 8.78 Å². The Hall–Kier alpha value is -0.140. The second-order valence-electron chi connectivity index (χ2n) is 3.74. The Balaban J connectivity index is 2.41. The van der Waals surface area contributed by atoms with E-state index in [0.29, 0.717) is 5.92 Å². The van der Waals surface area contributed by atoms with Gasteiger partial charge in [0.15, 0.2) is 0 Å². The third-order valence-corrected chi connectivity index (χ3v) is 2.89. The molecule has 0 bridgehead atoms. The summed E-state index contributed by atoms with van der Waals surface area (Å²) in [6.45, 7) is 4.15. The van der Waals surface area contributed by atoms with Crippen molar-refractivity contribution in [3.63, 3.8) is 0 Å². The Bertz CT molecular complexity index is 132. The molecule has 2 heteroatoms. The summed E-state index contributed by atoms with van der Waals surface area (Å²) in [5.74, 6) is -1.60. The highest BCUT2D eigenvalue weighted by atomic mass is 19.3. The van der Waals surface area contributed by atoms with Gasteiger partial charge in [-0.05, 0) is 18.3 Å². The van der Waals surface area contributed by atoms with Crippen molar-refractivity contribution in [1.29, 1.82) is 0 Å². The van der Waals surface area contributed by atoms with Crippen LogP contribution in [0.25, 0.3) is 0 Å². The van der Waals surface area contributed by atoms with Crippen molar-refractivity contribution < 1.29 is 8.78 Å². The molecule has 0 aliphatic heterocycles. The van der Waals surface area contributed by atoms with Crippen molar-refractivity contribution in [2.45, 2.75) is 45.5 Å². The Morgan fingerprint density at radius 3 is 2.55 bits per heavy atom. The van der Waals surface area contributed by atoms with Crippen LogP contribution in [0.1, 0.15) is 39.5 Å². The first kappa shape index (κ1) is 8.95. The number of hydrogen-bond donors (Lipinski definition) is 0. The lowest BCUT2D eigenvalue weighted by molar-refractivity contribution is 0.00251. The van der Waals surface area contributed by atoms with E-state index in [1.54, 1.807) is 0 Å². The van der Waals surface area contributed by atoms with Crippen molar-refractivity contribution in [2.75, 3.05) is 0 Å². The molecule has 1 rings (SSSR count). The average molecular weight is 162 g/mol. The highest BCUT2D eigenvalue weighted by Crippen LogP contribution is 2.42. The molecule has 11 heavy (non-hydrogen) atoms. The molecule has 66 valence electrons. The van der Waals surface area contributed by atoms with E-state index in [4.69, 9.17) is 0 Å². The fourth-order valence-corrected chi connectivity index (χ4v) is 1.80. The van der Waals surface area contributed by atoms with Gasteiger partial charge in [0.1, 0.15) is 0 Å². The zero-order valence-electron chi connectivity index (χ0n) is 7.24. The molecule has 0 aromatic rings. The molecule has 0 saturated heterocycles. The molecule has 0 heterocycles. The predicted octanol–water partition coefficient (Wildman–Crippen LogP) is 3.47. The standard InChI is InChI=1S/C9H16F2/c1-3-7(2)8-4-5-9(10,11)6-8/h7-8H,3-6H2,1-2H3. The van der Waals surface area contributed by atoms with Gasteiger partial charge in [-0.15, -0.1) is 0 Å². The van der Waals surface area contributed by atoms with E-state index >= 15 is 0 Å². The number of alkyl halides is 2. The molecular formula is C9H16F2. The van der Waals surface area contributed by atoms with Gasteiger partial charge in [-0.2, -0.15) is 0 Å². The summed E-state index contributed by atoms with van der Waals surface area (Å²) in [6.07, 6.45) is 1.99. The monoisotopic (exact) mass is 162 g/mol. The van der Waals surface area contributed by atoms with Gasteiger partial charge in [0, 0.05) is 12.8 Å². The van der Waals surface area contributed by atoms with E-state index in [-0.39, 0.29) is 18.8 Å². The lowest BCUT2D eigenvalue weighted by Crippen LogP contribution is -2.13. The van der Waals surface area contributed by atoms with Gasteiger partial charge < -0.3 is 0 Å². The minimum absolute atomic E-state index is 0.113. The van der Waals surface area contributed by atoms with Gasteiger partial charge in [0.25, 0.3) is 0 Å². The van der Waals surface area contributed by atoms with E-state index in [1.807, 2.05) is 0 Å². The summed E-state index contributed by atoms with van der Waals surface area (Å²) in [7, 11) is 0. The maximum absolute atomic E-state index is 12.7. The largest absolute Gasteiger partial charge is 0.248 e. The molecule has 0 radical (unpaired) electrons. The summed E-state index contributed by atoms with van der Waals surface area (Å²) in [5.41, 5.74) is 0. The van der Waals surface area contributed by atoms with Crippen molar-refractivity contribution in [1.82, 2.24) is 0 Å². The average Bonchev–Trinajstić information content (AvgIpc) is 2.29. The molecule has 1 aliphatic carbocycles. The molecule has 1 saturated carbocycles. The van der Waals surface area contributed by atoms with Crippen LogP contribution in [0, 0.1) is 11.8 Å². The topological polar surface area (TPSA) is 0 Å². The maximum Gasteiger partial charge on any atom is 0.248 e. The highest BCUT2D eigenvalue weighted by molar-refractivity contribution is 4.83.